The van der Waals surface area contributed by atoms with Crippen molar-refractivity contribution in [3.8, 4) is 0 Å². The molecule has 0 saturated carbocycles. The van der Waals surface area contributed by atoms with Crippen LogP contribution >= 0.6 is 0 Å². The van der Waals surface area contributed by atoms with Crippen LogP contribution in [0.5, 0.6) is 0 Å². The van der Waals surface area contributed by atoms with E-state index in [4.69, 9.17) is 4.84 Å². The van der Waals surface area contributed by atoms with E-state index in [9.17, 15) is 19.8 Å². The standard InChI is InChI=1S/C30H40N2O5/c1-6-7-8-9-14-25(33)37-32-26(27(34)31-24-13-11-10-12-21(24)28(35)36)20-15-16-22-23(19-20)30(4,5)18-17-29(22,2)3/h10-13,15-16,19,25,33H,6-9,14,17-18H2,1-5H3,(H,31,34)(H,35,36). The number of anilines is 1. The van der Waals surface area contributed by atoms with Gasteiger partial charge in [-0.2, -0.15) is 0 Å². The number of carboxylic acid groups (broad SMARTS) is 1. The maximum Gasteiger partial charge on any atom is 0.337 e. The van der Waals surface area contributed by atoms with Gasteiger partial charge in [-0.15, -0.1) is 0 Å². The van der Waals surface area contributed by atoms with Crippen LogP contribution in [-0.4, -0.2) is 34.1 Å². The lowest BCUT2D eigenvalue weighted by molar-refractivity contribution is -0.113. The number of rotatable bonds is 11. The number of aliphatic hydroxyl groups is 1. The van der Waals surface area contributed by atoms with Crippen LogP contribution in [0.15, 0.2) is 47.6 Å². The summed E-state index contributed by atoms with van der Waals surface area (Å²) in [5, 5.41) is 26.7. The molecule has 2 aromatic carbocycles. The number of oxime groups is 1. The molecule has 0 bridgehead atoms. The van der Waals surface area contributed by atoms with Crippen molar-refractivity contribution in [3.05, 3.63) is 64.7 Å². The minimum atomic E-state index is -1.15. The van der Waals surface area contributed by atoms with Crippen molar-refractivity contribution in [3.63, 3.8) is 0 Å². The van der Waals surface area contributed by atoms with Gasteiger partial charge < -0.3 is 20.4 Å². The van der Waals surface area contributed by atoms with Gasteiger partial charge in [-0.3, -0.25) is 4.79 Å². The van der Waals surface area contributed by atoms with Crippen LogP contribution in [0, 0.1) is 0 Å². The maximum absolute atomic E-state index is 13.5. The lowest BCUT2D eigenvalue weighted by atomic mass is 9.63. The highest BCUT2D eigenvalue weighted by Gasteiger charge is 2.37. The number of carbonyl (C=O) groups excluding carboxylic acids is 1. The number of nitrogens with one attached hydrogen (secondary N) is 1. The molecule has 1 aliphatic rings. The number of carbonyl (C=O) groups is 2. The summed E-state index contributed by atoms with van der Waals surface area (Å²) in [7, 11) is 0. The Morgan fingerprint density at radius 1 is 1.00 bits per heavy atom. The Morgan fingerprint density at radius 2 is 1.68 bits per heavy atom. The minimum absolute atomic E-state index is 0.00849. The van der Waals surface area contributed by atoms with Gasteiger partial charge in [0, 0.05) is 12.0 Å². The largest absolute Gasteiger partial charge is 0.478 e. The van der Waals surface area contributed by atoms with Crippen LogP contribution in [0.2, 0.25) is 0 Å². The number of fused-ring (bicyclic) bond motifs is 1. The van der Waals surface area contributed by atoms with Crippen LogP contribution in [0.4, 0.5) is 5.69 Å². The van der Waals surface area contributed by atoms with Gasteiger partial charge in [0.1, 0.15) is 0 Å². The summed E-state index contributed by atoms with van der Waals surface area (Å²) in [5.41, 5.74) is 2.97. The Labute approximate surface area is 219 Å². The summed E-state index contributed by atoms with van der Waals surface area (Å²) in [4.78, 5) is 30.5. The number of aromatic carboxylic acids is 1. The fraction of sp³-hybridized carbons (Fsp3) is 0.500. The summed E-state index contributed by atoms with van der Waals surface area (Å²) in [6, 6.07) is 12.1. The van der Waals surface area contributed by atoms with E-state index in [-0.39, 0.29) is 27.8 Å². The molecule has 2 aromatic rings. The third-order valence-corrected chi connectivity index (χ3v) is 7.32. The molecule has 1 atom stereocenters. The molecular formula is C30H40N2O5. The van der Waals surface area contributed by atoms with Crippen molar-refractivity contribution in [2.45, 2.75) is 96.7 Å². The predicted molar refractivity (Wildman–Crippen MR) is 146 cm³/mol. The highest BCUT2D eigenvalue weighted by molar-refractivity contribution is 6.49. The molecule has 7 nitrogen and oxygen atoms in total. The quantitative estimate of drug-likeness (QED) is 0.141. The van der Waals surface area contributed by atoms with Crippen LogP contribution < -0.4 is 5.32 Å². The van der Waals surface area contributed by atoms with Gasteiger partial charge in [-0.25, -0.2) is 4.79 Å². The van der Waals surface area contributed by atoms with Crippen LogP contribution in [-0.2, 0) is 20.5 Å². The normalized spacial score (nSPS) is 17.0. The zero-order valence-corrected chi connectivity index (χ0v) is 22.6. The first-order valence-corrected chi connectivity index (χ1v) is 13.2. The number of unbranched alkanes of at least 4 members (excludes halogenated alkanes) is 3. The molecule has 3 rings (SSSR count). The van der Waals surface area contributed by atoms with Gasteiger partial charge >= 0.3 is 5.97 Å². The van der Waals surface area contributed by atoms with E-state index in [2.05, 4.69) is 45.1 Å². The van der Waals surface area contributed by atoms with Crippen LogP contribution in [0.1, 0.15) is 107 Å². The lowest BCUT2D eigenvalue weighted by Crippen LogP contribution is -2.34. The number of hydrogen-bond donors (Lipinski definition) is 3. The van der Waals surface area contributed by atoms with Crippen molar-refractivity contribution in [2.24, 2.45) is 5.16 Å². The number of nitrogens with zero attached hydrogens (tertiary/aromatic N) is 1. The summed E-state index contributed by atoms with van der Waals surface area (Å²) >= 11 is 0. The predicted octanol–water partition coefficient (Wildman–Crippen LogP) is 6.38. The molecule has 0 fully saturated rings. The Balaban J connectivity index is 1.97. The van der Waals surface area contributed by atoms with Crippen molar-refractivity contribution in [1.29, 1.82) is 0 Å². The number of amides is 1. The van der Waals surface area contributed by atoms with Crippen LogP contribution in [0.3, 0.4) is 0 Å². The minimum Gasteiger partial charge on any atom is -0.478 e. The van der Waals surface area contributed by atoms with Gasteiger partial charge in [-0.1, -0.05) is 83.3 Å². The Bertz CT molecular complexity index is 1150. The summed E-state index contributed by atoms with van der Waals surface area (Å²) in [6.45, 7) is 11.0. The maximum atomic E-state index is 13.5. The first-order chi connectivity index (χ1) is 17.5. The average Bonchev–Trinajstić information content (AvgIpc) is 2.85. The van der Waals surface area contributed by atoms with E-state index in [1.165, 1.54) is 17.7 Å². The molecule has 7 heteroatoms. The summed E-state index contributed by atoms with van der Waals surface area (Å²) in [5.74, 6) is -1.76. The molecule has 0 radical (unpaired) electrons. The summed E-state index contributed by atoms with van der Waals surface area (Å²) in [6.07, 6.45) is 5.28. The molecule has 200 valence electrons. The third-order valence-electron chi connectivity index (χ3n) is 7.32. The molecule has 37 heavy (non-hydrogen) atoms. The molecule has 0 saturated heterocycles. The molecule has 0 aromatic heterocycles. The number of para-hydroxylation sites is 1. The fourth-order valence-corrected chi connectivity index (χ4v) is 4.83. The van der Waals surface area contributed by atoms with E-state index < -0.39 is 18.2 Å². The van der Waals surface area contributed by atoms with Crippen molar-refractivity contribution in [1.82, 2.24) is 0 Å². The summed E-state index contributed by atoms with van der Waals surface area (Å²) < 4.78 is 0. The first-order valence-electron chi connectivity index (χ1n) is 13.2. The zero-order valence-electron chi connectivity index (χ0n) is 22.6. The molecule has 1 amide bonds. The Hall–Kier alpha value is -3.19. The van der Waals surface area contributed by atoms with E-state index >= 15 is 0 Å². The van der Waals surface area contributed by atoms with E-state index in [1.807, 2.05) is 18.2 Å². The number of hydrogen-bond acceptors (Lipinski definition) is 5. The van der Waals surface area contributed by atoms with Crippen LogP contribution in [0.25, 0.3) is 0 Å². The highest BCUT2D eigenvalue weighted by atomic mass is 16.7. The van der Waals surface area contributed by atoms with Gasteiger partial charge in [0.25, 0.3) is 5.91 Å². The molecule has 0 heterocycles. The van der Waals surface area contributed by atoms with Gasteiger partial charge in [-0.05, 0) is 59.4 Å². The topological polar surface area (TPSA) is 108 Å². The Morgan fingerprint density at radius 3 is 2.35 bits per heavy atom. The molecule has 0 aliphatic heterocycles. The van der Waals surface area contributed by atoms with Crippen molar-refractivity contribution >= 4 is 23.3 Å². The van der Waals surface area contributed by atoms with E-state index in [0.717, 1.165) is 44.1 Å². The van der Waals surface area contributed by atoms with Gasteiger partial charge in [0.2, 0.25) is 6.29 Å². The van der Waals surface area contributed by atoms with Gasteiger partial charge in [0.15, 0.2) is 5.71 Å². The first kappa shape index (κ1) is 28.4. The molecule has 0 spiro atoms. The SMILES string of the molecule is CCCCCCC(O)ON=C(C(=O)Nc1ccccc1C(=O)O)c1ccc2c(c1)C(C)(C)CCC2(C)C. The molecular weight excluding hydrogens is 468 g/mol. The van der Waals surface area contributed by atoms with Crippen molar-refractivity contribution < 1.29 is 24.6 Å². The van der Waals surface area contributed by atoms with E-state index in [1.54, 1.807) is 12.1 Å². The molecule has 1 unspecified atom stereocenters. The van der Waals surface area contributed by atoms with E-state index in [0.29, 0.717) is 12.0 Å². The van der Waals surface area contributed by atoms with Gasteiger partial charge in [0.05, 0.1) is 11.3 Å². The second-order valence-corrected chi connectivity index (χ2v) is 11.2. The second kappa shape index (κ2) is 11.9. The number of aliphatic hydroxyl groups excluding tert-OH is 1. The third kappa shape index (κ3) is 6.98. The average molecular weight is 509 g/mol. The molecule has 3 N–H and O–H groups in total. The lowest BCUT2D eigenvalue weighted by Gasteiger charge is -2.42. The van der Waals surface area contributed by atoms with Crippen molar-refractivity contribution in [2.75, 3.05) is 5.32 Å². The fourth-order valence-electron chi connectivity index (χ4n) is 4.83. The Kier molecular flexibility index (Phi) is 9.13. The smallest absolute Gasteiger partial charge is 0.337 e. The second-order valence-electron chi connectivity index (χ2n) is 11.2. The monoisotopic (exact) mass is 508 g/mol. The molecule has 1 aliphatic carbocycles. The zero-order chi connectivity index (χ0) is 27.2. The number of benzene rings is 2. The number of carboxylic acids is 1. The highest BCUT2D eigenvalue weighted by Crippen LogP contribution is 2.46.